The maximum absolute atomic E-state index is 5.62. The summed E-state index contributed by atoms with van der Waals surface area (Å²) in [6.07, 6.45) is 1.58. The number of ether oxygens (including phenoxy) is 1. The summed E-state index contributed by atoms with van der Waals surface area (Å²) >= 11 is 0. The number of rotatable bonds is 5. The molecule has 0 aromatic carbocycles. The lowest BCUT2D eigenvalue weighted by molar-refractivity contribution is 0.0679. The Labute approximate surface area is 94.2 Å². The molecular weight excluding hydrogens is 188 g/mol. The zero-order valence-corrected chi connectivity index (χ0v) is 10.5. The highest BCUT2D eigenvalue weighted by molar-refractivity contribution is 4.67. The molecule has 90 valence electrons. The minimum absolute atomic E-state index is 0.401. The number of hydrogen-bond acceptors (Lipinski definition) is 3. The lowest BCUT2D eigenvalue weighted by atomic mass is 10.2. The van der Waals surface area contributed by atoms with Gasteiger partial charge in [0, 0.05) is 32.8 Å². The Balaban J connectivity index is 2.08. The Hall–Kier alpha value is -0.120. The maximum atomic E-state index is 5.62. The second-order valence-electron chi connectivity index (χ2n) is 4.93. The average molecular weight is 214 g/mol. The molecule has 3 heteroatoms. The number of nitrogens with zero attached hydrogens (tertiary/aromatic N) is 1. The second-order valence-corrected chi connectivity index (χ2v) is 4.93. The molecular formula is C12H26N2O. The molecule has 0 bridgehead atoms. The van der Waals surface area contributed by atoms with Crippen LogP contribution in [0, 0.1) is 5.92 Å². The van der Waals surface area contributed by atoms with Crippen molar-refractivity contribution in [1.29, 1.82) is 0 Å². The molecule has 0 spiro atoms. The topological polar surface area (TPSA) is 24.5 Å². The molecule has 0 aromatic rings. The molecule has 0 saturated carbocycles. The van der Waals surface area contributed by atoms with Gasteiger partial charge < -0.3 is 10.1 Å². The third-order valence-electron chi connectivity index (χ3n) is 2.69. The van der Waals surface area contributed by atoms with Gasteiger partial charge in [-0.05, 0) is 25.8 Å². The van der Waals surface area contributed by atoms with Gasteiger partial charge in [-0.25, -0.2) is 0 Å². The van der Waals surface area contributed by atoms with Crippen molar-refractivity contribution < 1.29 is 4.74 Å². The van der Waals surface area contributed by atoms with Crippen molar-refractivity contribution in [3.8, 4) is 0 Å². The van der Waals surface area contributed by atoms with Gasteiger partial charge in [0.25, 0.3) is 0 Å². The van der Waals surface area contributed by atoms with E-state index >= 15 is 0 Å². The van der Waals surface area contributed by atoms with Gasteiger partial charge in [0.2, 0.25) is 0 Å². The number of hydrogen-bond donors (Lipinski definition) is 1. The van der Waals surface area contributed by atoms with Crippen LogP contribution in [-0.2, 0) is 4.74 Å². The van der Waals surface area contributed by atoms with Crippen LogP contribution in [0.4, 0.5) is 0 Å². The van der Waals surface area contributed by atoms with Gasteiger partial charge in [0.05, 0.1) is 6.10 Å². The monoisotopic (exact) mass is 214 g/mol. The van der Waals surface area contributed by atoms with Crippen LogP contribution < -0.4 is 5.32 Å². The highest BCUT2D eigenvalue weighted by atomic mass is 16.5. The fourth-order valence-corrected chi connectivity index (χ4v) is 1.91. The predicted molar refractivity (Wildman–Crippen MR) is 64.2 cm³/mol. The Morgan fingerprint density at radius 3 is 3.00 bits per heavy atom. The van der Waals surface area contributed by atoms with Crippen molar-refractivity contribution >= 4 is 0 Å². The fraction of sp³-hybridized carbons (Fsp3) is 1.00. The van der Waals surface area contributed by atoms with Gasteiger partial charge in [-0.15, -0.1) is 0 Å². The molecule has 1 fully saturated rings. The molecule has 1 atom stereocenters. The summed E-state index contributed by atoms with van der Waals surface area (Å²) in [5.41, 5.74) is 0. The van der Waals surface area contributed by atoms with Crippen LogP contribution in [-0.4, -0.2) is 50.3 Å². The Morgan fingerprint density at radius 1 is 1.47 bits per heavy atom. The van der Waals surface area contributed by atoms with E-state index in [1.165, 1.54) is 13.0 Å². The smallest absolute Gasteiger partial charge is 0.0673 e. The van der Waals surface area contributed by atoms with Crippen LogP contribution in [0.25, 0.3) is 0 Å². The van der Waals surface area contributed by atoms with Gasteiger partial charge in [-0.2, -0.15) is 0 Å². The van der Waals surface area contributed by atoms with E-state index in [-0.39, 0.29) is 0 Å². The van der Waals surface area contributed by atoms with Gasteiger partial charge >= 0.3 is 0 Å². The Bertz CT molecular complexity index is 162. The van der Waals surface area contributed by atoms with E-state index in [0.29, 0.717) is 6.10 Å². The third kappa shape index (κ3) is 6.13. The summed E-state index contributed by atoms with van der Waals surface area (Å²) in [7, 11) is 0. The SMILES string of the molecule is CC(C)CNCCN1CCCOC(C)C1. The minimum Gasteiger partial charge on any atom is -0.377 e. The minimum atomic E-state index is 0.401. The van der Waals surface area contributed by atoms with Crippen molar-refractivity contribution in [2.24, 2.45) is 5.92 Å². The molecule has 1 aliphatic heterocycles. The van der Waals surface area contributed by atoms with Crippen molar-refractivity contribution in [2.45, 2.75) is 33.3 Å². The fourth-order valence-electron chi connectivity index (χ4n) is 1.91. The van der Waals surface area contributed by atoms with E-state index in [1.54, 1.807) is 0 Å². The summed E-state index contributed by atoms with van der Waals surface area (Å²) in [5.74, 6) is 0.747. The summed E-state index contributed by atoms with van der Waals surface area (Å²) in [5, 5.41) is 3.48. The highest BCUT2D eigenvalue weighted by Gasteiger charge is 2.13. The van der Waals surface area contributed by atoms with E-state index < -0.39 is 0 Å². The van der Waals surface area contributed by atoms with E-state index in [0.717, 1.165) is 38.7 Å². The third-order valence-corrected chi connectivity index (χ3v) is 2.69. The maximum Gasteiger partial charge on any atom is 0.0673 e. The molecule has 1 N–H and O–H groups in total. The van der Waals surface area contributed by atoms with Gasteiger partial charge in [-0.1, -0.05) is 13.8 Å². The largest absolute Gasteiger partial charge is 0.377 e. The lowest BCUT2D eigenvalue weighted by Crippen LogP contribution is -2.36. The molecule has 0 amide bonds. The first-order valence-electron chi connectivity index (χ1n) is 6.23. The first-order valence-corrected chi connectivity index (χ1v) is 6.23. The summed E-state index contributed by atoms with van der Waals surface area (Å²) in [4.78, 5) is 2.50. The van der Waals surface area contributed by atoms with Crippen molar-refractivity contribution in [1.82, 2.24) is 10.2 Å². The normalized spacial score (nSPS) is 24.4. The van der Waals surface area contributed by atoms with E-state index in [1.807, 2.05) is 0 Å². The van der Waals surface area contributed by atoms with Crippen LogP contribution in [0.15, 0.2) is 0 Å². The molecule has 1 rings (SSSR count). The van der Waals surface area contributed by atoms with Crippen molar-refractivity contribution in [3.05, 3.63) is 0 Å². The molecule has 1 unspecified atom stereocenters. The van der Waals surface area contributed by atoms with E-state index in [4.69, 9.17) is 4.74 Å². The van der Waals surface area contributed by atoms with E-state index in [9.17, 15) is 0 Å². The van der Waals surface area contributed by atoms with Crippen LogP contribution in [0.3, 0.4) is 0 Å². The first kappa shape index (κ1) is 12.9. The Morgan fingerprint density at radius 2 is 2.27 bits per heavy atom. The van der Waals surface area contributed by atoms with E-state index in [2.05, 4.69) is 31.0 Å². The molecule has 1 saturated heterocycles. The predicted octanol–water partition coefficient (Wildman–Crippen LogP) is 1.34. The number of nitrogens with one attached hydrogen (secondary N) is 1. The molecule has 1 heterocycles. The molecule has 15 heavy (non-hydrogen) atoms. The van der Waals surface area contributed by atoms with Crippen LogP contribution >= 0.6 is 0 Å². The lowest BCUT2D eigenvalue weighted by Gasteiger charge is -2.22. The average Bonchev–Trinajstić information content (AvgIpc) is 2.37. The summed E-state index contributed by atoms with van der Waals surface area (Å²) in [6.45, 7) is 13.2. The van der Waals surface area contributed by atoms with Gasteiger partial charge in [0.1, 0.15) is 0 Å². The summed E-state index contributed by atoms with van der Waals surface area (Å²) in [6, 6.07) is 0. The zero-order valence-electron chi connectivity index (χ0n) is 10.5. The standard InChI is InChI=1S/C12H26N2O/c1-11(2)9-13-5-7-14-6-4-8-15-12(3)10-14/h11-13H,4-10H2,1-3H3. The van der Waals surface area contributed by atoms with Crippen LogP contribution in [0.5, 0.6) is 0 Å². The molecule has 1 aliphatic rings. The van der Waals surface area contributed by atoms with Crippen LogP contribution in [0.2, 0.25) is 0 Å². The van der Waals surface area contributed by atoms with Gasteiger partial charge in [0.15, 0.2) is 0 Å². The van der Waals surface area contributed by atoms with Crippen molar-refractivity contribution in [3.63, 3.8) is 0 Å². The van der Waals surface area contributed by atoms with Crippen LogP contribution in [0.1, 0.15) is 27.2 Å². The summed E-state index contributed by atoms with van der Waals surface area (Å²) < 4.78 is 5.62. The molecule has 0 aromatic heterocycles. The second kappa shape index (κ2) is 7.20. The quantitative estimate of drug-likeness (QED) is 0.699. The Kier molecular flexibility index (Phi) is 6.22. The highest BCUT2D eigenvalue weighted by Crippen LogP contribution is 2.04. The zero-order chi connectivity index (χ0) is 11.1. The molecule has 0 aliphatic carbocycles. The molecule has 3 nitrogen and oxygen atoms in total. The van der Waals surface area contributed by atoms with Crippen molar-refractivity contribution in [2.75, 3.05) is 39.3 Å². The first-order chi connectivity index (χ1) is 7.18. The molecule has 0 radical (unpaired) electrons. The van der Waals surface area contributed by atoms with Gasteiger partial charge in [-0.3, -0.25) is 4.90 Å².